The van der Waals surface area contributed by atoms with E-state index in [9.17, 15) is 13.6 Å². The smallest absolute Gasteiger partial charge is 0.257 e. The Hall–Kier alpha value is -1.73. The van der Waals surface area contributed by atoms with Gasteiger partial charge in [0.25, 0.3) is 5.91 Å². The number of likely N-dealkylation sites (N-methyl/N-ethyl adjacent to an activating group) is 1. The first kappa shape index (κ1) is 17.3. The van der Waals surface area contributed by atoms with Crippen molar-refractivity contribution in [1.29, 1.82) is 0 Å². The minimum absolute atomic E-state index is 0.313. The maximum atomic E-state index is 13.8. The average Bonchev–Trinajstić information content (AvgIpc) is 2.43. The lowest BCUT2D eigenvalue weighted by atomic mass is 10.2. The summed E-state index contributed by atoms with van der Waals surface area (Å²) in [6.07, 6.45) is 0. The number of carbonyl (C=O) groups is 1. The van der Waals surface area contributed by atoms with Crippen LogP contribution in [0.3, 0.4) is 0 Å². The average molecular weight is 302 g/mol. The molecule has 0 bridgehead atoms. The second-order valence-corrected chi connectivity index (χ2v) is 4.30. The molecule has 1 aromatic rings. The molecular formula is C14H20F2N2O3. The van der Waals surface area contributed by atoms with Crippen molar-refractivity contribution in [3.8, 4) is 5.75 Å². The van der Waals surface area contributed by atoms with Gasteiger partial charge in [-0.2, -0.15) is 0 Å². The zero-order chi connectivity index (χ0) is 15.7. The maximum absolute atomic E-state index is 13.8. The van der Waals surface area contributed by atoms with Crippen LogP contribution in [-0.4, -0.2) is 39.3 Å². The zero-order valence-electron chi connectivity index (χ0n) is 12.2. The van der Waals surface area contributed by atoms with E-state index in [1.165, 1.54) is 12.1 Å². The molecule has 0 atom stereocenters. The van der Waals surface area contributed by atoms with E-state index in [-0.39, 0.29) is 0 Å². The van der Waals surface area contributed by atoms with Crippen LogP contribution in [-0.2, 0) is 16.1 Å². The molecule has 21 heavy (non-hydrogen) atoms. The number of rotatable bonds is 9. The van der Waals surface area contributed by atoms with Crippen molar-refractivity contribution in [2.45, 2.75) is 13.5 Å². The fraction of sp³-hybridized carbons (Fsp3) is 0.500. The monoisotopic (exact) mass is 302 g/mol. The first-order valence-electron chi connectivity index (χ1n) is 6.65. The van der Waals surface area contributed by atoms with E-state index in [1.807, 2.05) is 0 Å². The fourth-order valence-corrected chi connectivity index (χ4v) is 1.65. The highest BCUT2D eigenvalue weighted by Crippen LogP contribution is 2.23. The summed E-state index contributed by atoms with van der Waals surface area (Å²) in [5, 5.41) is 5.46. The number of hydrogen-bond donors (Lipinski definition) is 2. The molecule has 5 nitrogen and oxygen atoms in total. The normalized spacial score (nSPS) is 10.5. The van der Waals surface area contributed by atoms with Gasteiger partial charge in [-0.25, -0.2) is 8.78 Å². The number of benzene rings is 1. The summed E-state index contributed by atoms with van der Waals surface area (Å²) in [6, 6.07) is 2.35. The highest BCUT2D eigenvalue weighted by molar-refractivity contribution is 5.77. The summed E-state index contributed by atoms with van der Waals surface area (Å²) in [5.41, 5.74) is 0.450. The van der Waals surface area contributed by atoms with Gasteiger partial charge in [-0.05, 0) is 24.6 Å². The summed E-state index contributed by atoms with van der Waals surface area (Å²) in [4.78, 5) is 11.2. The van der Waals surface area contributed by atoms with Crippen molar-refractivity contribution in [3.63, 3.8) is 0 Å². The molecular weight excluding hydrogens is 282 g/mol. The zero-order valence-corrected chi connectivity index (χ0v) is 12.2. The van der Waals surface area contributed by atoms with Gasteiger partial charge in [-0.15, -0.1) is 0 Å². The number of hydrogen-bond acceptors (Lipinski definition) is 4. The summed E-state index contributed by atoms with van der Waals surface area (Å²) >= 11 is 0. The number of amides is 1. The molecule has 1 aromatic carbocycles. The van der Waals surface area contributed by atoms with Crippen molar-refractivity contribution in [1.82, 2.24) is 10.6 Å². The van der Waals surface area contributed by atoms with Crippen LogP contribution in [0.25, 0.3) is 0 Å². The Morgan fingerprint density at radius 2 is 1.95 bits per heavy atom. The lowest BCUT2D eigenvalue weighted by Gasteiger charge is -2.10. The summed E-state index contributed by atoms with van der Waals surface area (Å²) < 4.78 is 37.3. The van der Waals surface area contributed by atoms with Crippen LogP contribution < -0.4 is 15.4 Å². The van der Waals surface area contributed by atoms with Crippen LogP contribution in [0.5, 0.6) is 5.75 Å². The van der Waals surface area contributed by atoms with Crippen molar-refractivity contribution < 1.29 is 23.0 Å². The molecule has 2 N–H and O–H groups in total. The van der Waals surface area contributed by atoms with E-state index >= 15 is 0 Å². The van der Waals surface area contributed by atoms with Crippen LogP contribution >= 0.6 is 0 Å². The number of carbonyl (C=O) groups excluding carboxylic acids is 1. The third-order valence-electron chi connectivity index (χ3n) is 2.59. The summed E-state index contributed by atoms with van der Waals surface area (Å²) in [7, 11) is 1.57. The lowest BCUT2D eigenvalue weighted by molar-refractivity contribution is -0.123. The van der Waals surface area contributed by atoms with Crippen LogP contribution in [0.15, 0.2) is 12.1 Å². The second kappa shape index (κ2) is 9.25. The minimum atomic E-state index is -0.831. The second-order valence-electron chi connectivity index (χ2n) is 4.30. The molecule has 0 radical (unpaired) electrons. The number of methoxy groups -OCH3 is 1. The molecule has 0 saturated heterocycles. The largest absolute Gasteiger partial charge is 0.478 e. The molecule has 0 spiro atoms. The van der Waals surface area contributed by atoms with Gasteiger partial charge in [0.05, 0.1) is 6.61 Å². The van der Waals surface area contributed by atoms with E-state index in [1.54, 1.807) is 14.0 Å². The molecule has 118 valence electrons. The van der Waals surface area contributed by atoms with Gasteiger partial charge < -0.3 is 20.1 Å². The molecule has 0 unspecified atom stereocenters. The maximum Gasteiger partial charge on any atom is 0.257 e. The van der Waals surface area contributed by atoms with Gasteiger partial charge in [0.2, 0.25) is 0 Å². The van der Waals surface area contributed by atoms with Gasteiger partial charge in [0.1, 0.15) is 0 Å². The molecule has 0 aliphatic rings. The van der Waals surface area contributed by atoms with Crippen LogP contribution in [0.2, 0.25) is 0 Å². The molecule has 0 fully saturated rings. The topological polar surface area (TPSA) is 59.6 Å². The Bertz CT molecular complexity index is 447. The summed E-state index contributed by atoms with van der Waals surface area (Å²) in [6.45, 7) is 3.15. The van der Waals surface area contributed by atoms with Gasteiger partial charge in [-0.1, -0.05) is 0 Å². The third-order valence-corrected chi connectivity index (χ3v) is 2.59. The van der Waals surface area contributed by atoms with Gasteiger partial charge in [0.15, 0.2) is 24.0 Å². The highest BCUT2D eigenvalue weighted by atomic mass is 19.1. The highest BCUT2D eigenvalue weighted by Gasteiger charge is 2.14. The number of halogens is 2. The molecule has 0 heterocycles. The van der Waals surface area contributed by atoms with Gasteiger partial charge >= 0.3 is 0 Å². The predicted octanol–water partition coefficient (Wildman–Crippen LogP) is 1.22. The summed E-state index contributed by atoms with van der Waals surface area (Å²) in [5.74, 6) is -2.63. The van der Waals surface area contributed by atoms with Crippen molar-refractivity contribution in [3.05, 3.63) is 29.3 Å². The number of ether oxygens (including phenoxy) is 2. The Morgan fingerprint density at radius 3 is 2.52 bits per heavy atom. The standard InChI is InChI=1S/C14H20F2N2O3/c1-3-18-13(19)9-21-14-11(15)6-10(7-12(14)16)8-17-4-5-20-2/h6-7,17H,3-5,8-9H2,1-2H3,(H,18,19). The Labute approximate surface area is 122 Å². The first-order chi connectivity index (χ1) is 10.1. The molecule has 0 aliphatic carbocycles. The van der Waals surface area contributed by atoms with E-state index in [2.05, 4.69) is 10.6 Å². The molecule has 7 heteroatoms. The van der Waals surface area contributed by atoms with Crippen molar-refractivity contribution in [2.24, 2.45) is 0 Å². The van der Waals surface area contributed by atoms with Crippen LogP contribution in [0.4, 0.5) is 8.78 Å². The van der Waals surface area contributed by atoms with Crippen molar-refractivity contribution in [2.75, 3.05) is 33.4 Å². The quantitative estimate of drug-likeness (QED) is 0.673. The number of nitrogens with one attached hydrogen (secondary N) is 2. The van der Waals surface area contributed by atoms with Gasteiger partial charge in [0, 0.05) is 26.7 Å². The SMILES string of the molecule is CCNC(=O)COc1c(F)cc(CNCCOC)cc1F. The van der Waals surface area contributed by atoms with Gasteiger partial charge in [-0.3, -0.25) is 4.79 Å². The van der Waals surface area contributed by atoms with Crippen LogP contribution in [0.1, 0.15) is 12.5 Å². The van der Waals surface area contributed by atoms with E-state index in [4.69, 9.17) is 9.47 Å². The molecule has 0 aromatic heterocycles. The lowest BCUT2D eigenvalue weighted by Crippen LogP contribution is -2.28. The first-order valence-corrected chi connectivity index (χ1v) is 6.65. The Morgan fingerprint density at radius 1 is 1.29 bits per heavy atom. The third kappa shape index (κ3) is 6.05. The molecule has 1 amide bonds. The van der Waals surface area contributed by atoms with E-state index in [0.29, 0.717) is 31.8 Å². The molecule has 1 rings (SSSR count). The van der Waals surface area contributed by atoms with E-state index in [0.717, 1.165) is 0 Å². The predicted molar refractivity (Wildman–Crippen MR) is 74.1 cm³/mol. The van der Waals surface area contributed by atoms with E-state index < -0.39 is 29.9 Å². The molecule has 0 saturated carbocycles. The Kier molecular flexibility index (Phi) is 7.63. The Balaban J connectivity index is 2.60. The minimum Gasteiger partial charge on any atom is -0.478 e. The molecule has 0 aliphatic heterocycles. The fourth-order valence-electron chi connectivity index (χ4n) is 1.65. The van der Waals surface area contributed by atoms with Crippen molar-refractivity contribution >= 4 is 5.91 Å². The van der Waals surface area contributed by atoms with Crippen LogP contribution in [0, 0.1) is 11.6 Å².